The first-order valence-corrected chi connectivity index (χ1v) is 5.48. The number of para-hydroxylation sites is 1. The highest BCUT2D eigenvalue weighted by Gasteiger charge is 2.11. The summed E-state index contributed by atoms with van der Waals surface area (Å²) < 4.78 is 0. The Bertz CT molecular complexity index is 586. The molecule has 2 aromatic rings. The molecule has 2 N–H and O–H groups in total. The van der Waals surface area contributed by atoms with E-state index in [9.17, 15) is 4.79 Å². The number of benzene rings is 1. The molecule has 0 saturated carbocycles. The zero-order chi connectivity index (χ0) is 13.1. The number of aromatic nitrogens is 3. The number of hydrogen-bond donors (Lipinski definition) is 2. The number of carboxylic acid groups (broad SMARTS) is 1. The molecule has 1 aromatic heterocycles. The van der Waals surface area contributed by atoms with Gasteiger partial charge >= 0.3 is 5.97 Å². The van der Waals surface area contributed by atoms with Crippen LogP contribution in [0.2, 0.25) is 10.6 Å². The molecular weight excluding hydrogens is 279 g/mol. The first-order chi connectivity index (χ1) is 8.56. The zero-order valence-electron chi connectivity index (χ0n) is 8.76. The lowest BCUT2D eigenvalue weighted by Gasteiger charge is -2.07. The Labute approximate surface area is 112 Å². The molecule has 0 aliphatic carbocycles. The summed E-state index contributed by atoms with van der Waals surface area (Å²) in [7, 11) is 0. The molecule has 1 heterocycles. The minimum Gasteiger partial charge on any atom is -0.478 e. The van der Waals surface area contributed by atoms with Crippen molar-refractivity contribution in [1.82, 2.24) is 15.0 Å². The average molecular weight is 285 g/mol. The van der Waals surface area contributed by atoms with Crippen molar-refractivity contribution in [1.29, 1.82) is 0 Å². The van der Waals surface area contributed by atoms with E-state index in [1.54, 1.807) is 18.2 Å². The summed E-state index contributed by atoms with van der Waals surface area (Å²) in [5.41, 5.74) is 0.425. The fourth-order valence-corrected chi connectivity index (χ4v) is 1.64. The molecule has 92 valence electrons. The molecule has 1 aromatic carbocycles. The van der Waals surface area contributed by atoms with E-state index in [2.05, 4.69) is 20.3 Å². The summed E-state index contributed by atoms with van der Waals surface area (Å²) in [5, 5.41) is 11.6. The summed E-state index contributed by atoms with van der Waals surface area (Å²) in [5.74, 6) is -0.988. The van der Waals surface area contributed by atoms with Crippen molar-refractivity contribution < 1.29 is 9.90 Å². The van der Waals surface area contributed by atoms with E-state index in [-0.39, 0.29) is 22.1 Å². The first kappa shape index (κ1) is 12.5. The van der Waals surface area contributed by atoms with Crippen molar-refractivity contribution in [3.8, 4) is 0 Å². The van der Waals surface area contributed by atoms with Crippen LogP contribution in [0.3, 0.4) is 0 Å². The minimum atomic E-state index is -1.07. The molecule has 0 bridgehead atoms. The Balaban J connectivity index is 2.37. The highest BCUT2D eigenvalue weighted by Crippen LogP contribution is 2.19. The molecule has 0 spiro atoms. The van der Waals surface area contributed by atoms with E-state index in [1.807, 2.05) is 0 Å². The number of nitrogens with zero attached hydrogens (tertiary/aromatic N) is 3. The smallest absolute Gasteiger partial charge is 0.337 e. The summed E-state index contributed by atoms with van der Waals surface area (Å²) in [6, 6.07) is 6.32. The van der Waals surface area contributed by atoms with Gasteiger partial charge in [0.1, 0.15) is 0 Å². The number of anilines is 2. The lowest BCUT2D eigenvalue weighted by atomic mass is 10.2. The summed E-state index contributed by atoms with van der Waals surface area (Å²) in [6.45, 7) is 0. The fourth-order valence-electron chi connectivity index (χ4n) is 1.28. The predicted molar refractivity (Wildman–Crippen MR) is 66.5 cm³/mol. The van der Waals surface area contributed by atoms with E-state index in [1.165, 1.54) is 6.07 Å². The second-order valence-corrected chi connectivity index (χ2v) is 3.85. The van der Waals surface area contributed by atoms with Crippen LogP contribution in [0.25, 0.3) is 0 Å². The molecule has 0 aliphatic rings. The van der Waals surface area contributed by atoms with E-state index in [4.69, 9.17) is 28.3 Å². The van der Waals surface area contributed by atoms with Crippen molar-refractivity contribution in [2.24, 2.45) is 0 Å². The second-order valence-electron chi connectivity index (χ2n) is 3.17. The first-order valence-electron chi connectivity index (χ1n) is 4.72. The topological polar surface area (TPSA) is 88.0 Å². The zero-order valence-corrected chi connectivity index (χ0v) is 10.3. The van der Waals surface area contributed by atoms with Crippen LogP contribution in [0.5, 0.6) is 0 Å². The maximum Gasteiger partial charge on any atom is 0.337 e. The van der Waals surface area contributed by atoms with Crippen LogP contribution in [0.1, 0.15) is 10.4 Å². The van der Waals surface area contributed by atoms with Gasteiger partial charge in [0.05, 0.1) is 11.3 Å². The molecule has 0 atom stereocenters. The van der Waals surface area contributed by atoms with Crippen molar-refractivity contribution in [2.45, 2.75) is 0 Å². The molecule has 0 radical (unpaired) electrons. The standard InChI is InChI=1S/C10H6Cl2N4O2/c11-8-14-9(12)16-10(15-8)13-6-4-2-1-3-5(6)7(17)18/h1-4H,(H,17,18)(H,13,14,15,16). The Morgan fingerprint density at radius 2 is 1.72 bits per heavy atom. The Hall–Kier alpha value is -1.92. The maximum absolute atomic E-state index is 11.0. The van der Waals surface area contributed by atoms with E-state index < -0.39 is 5.97 Å². The summed E-state index contributed by atoms with van der Waals surface area (Å²) in [6.07, 6.45) is 0. The van der Waals surface area contributed by atoms with E-state index >= 15 is 0 Å². The van der Waals surface area contributed by atoms with Crippen LogP contribution >= 0.6 is 23.2 Å². The summed E-state index contributed by atoms with van der Waals surface area (Å²) >= 11 is 11.2. The van der Waals surface area contributed by atoms with Gasteiger partial charge in [-0.15, -0.1) is 0 Å². The highest BCUT2D eigenvalue weighted by atomic mass is 35.5. The van der Waals surface area contributed by atoms with Crippen molar-refractivity contribution in [3.63, 3.8) is 0 Å². The molecule has 0 fully saturated rings. The van der Waals surface area contributed by atoms with Gasteiger partial charge in [-0.25, -0.2) is 4.79 Å². The molecule has 0 unspecified atom stereocenters. The predicted octanol–water partition coefficient (Wildman–Crippen LogP) is 2.62. The Morgan fingerprint density at radius 1 is 1.11 bits per heavy atom. The molecule has 2 rings (SSSR count). The van der Waals surface area contributed by atoms with Crippen molar-refractivity contribution in [3.05, 3.63) is 40.4 Å². The SMILES string of the molecule is O=C(O)c1ccccc1Nc1nc(Cl)nc(Cl)n1. The van der Waals surface area contributed by atoms with Crippen molar-refractivity contribution >= 4 is 40.8 Å². The second kappa shape index (κ2) is 5.16. The lowest BCUT2D eigenvalue weighted by Crippen LogP contribution is -2.05. The van der Waals surface area contributed by atoms with Gasteiger partial charge in [0, 0.05) is 0 Å². The van der Waals surface area contributed by atoms with Crippen LogP contribution < -0.4 is 5.32 Å². The van der Waals surface area contributed by atoms with Crippen LogP contribution in [0.15, 0.2) is 24.3 Å². The molecule has 8 heteroatoms. The number of carbonyl (C=O) groups is 1. The fraction of sp³-hybridized carbons (Fsp3) is 0. The quantitative estimate of drug-likeness (QED) is 0.901. The average Bonchev–Trinajstić information content (AvgIpc) is 2.27. The Kier molecular flexibility index (Phi) is 3.59. The van der Waals surface area contributed by atoms with Gasteiger partial charge in [-0.3, -0.25) is 0 Å². The molecule has 0 amide bonds. The number of nitrogens with one attached hydrogen (secondary N) is 1. The van der Waals surface area contributed by atoms with E-state index in [0.29, 0.717) is 5.69 Å². The molecular formula is C10H6Cl2N4O2. The van der Waals surface area contributed by atoms with Crippen LogP contribution in [-0.2, 0) is 0 Å². The normalized spacial score (nSPS) is 10.1. The van der Waals surface area contributed by atoms with Gasteiger partial charge in [0.25, 0.3) is 0 Å². The number of hydrogen-bond acceptors (Lipinski definition) is 5. The van der Waals surface area contributed by atoms with Gasteiger partial charge in [-0.2, -0.15) is 15.0 Å². The van der Waals surface area contributed by atoms with Gasteiger partial charge in [-0.1, -0.05) is 12.1 Å². The third-order valence-electron chi connectivity index (χ3n) is 1.98. The monoisotopic (exact) mass is 284 g/mol. The van der Waals surface area contributed by atoms with Crippen LogP contribution in [0, 0.1) is 0 Å². The number of rotatable bonds is 3. The third kappa shape index (κ3) is 2.85. The van der Waals surface area contributed by atoms with Crippen molar-refractivity contribution in [2.75, 3.05) is 5.32 Å². The number of halogens is 2. The number of aromatic carboxylic acids is 1. The Morgan fingerprint density at radius 3 is 2.33 bits per heavy atom. The van der Waals surface area contributed by atoms with E-state index in [0.717, 1.165) is 0 Å². The largest absolute Gasteiger partial charge is 0.478 e. The van der Waals surface area contributed by atoms with Gasteiger partial charge in [0.2, 0.25) is 16.5 Å². The van der Waals surface area contributed by atoms with Gasteiger partial charge in [0.15, 0.2) is 0 Å². The third-order valence-corrected chi connectivity index (χ3v) is 2.32. The molecule has 0 aliphatic heterocycles. The van der Waals surface area contributed by atoms with Crippen LogP contribution in [0.4, 0.5) is 11.6 Å². The number of carboxylic acids is 1. The van der Waals surface area contributed by atoms with Gasteiger partial charge in [-0.05, 0) is 35.3 Å². The van der Waals surface area contributed by atoms with Crippen LogP contribution in [-0.4, -0.2) is 26.0 Å². The molecule has 0 saturated heterocycles. The van der Waals surface area contributed by atoms with Gasteiger partial charge < -0.3 is 10.4 Å². The molecule has 18 heavy (non-hydrogen) atoms. The molecule has 6 nitrogen and oxygen atoms in total. The minimum absolute atomic E-state index is 0.0775. The highest BCUT2D eigenvalue weighted by molar-refractivity contribution is 6.31. The maximum atomic E-state index is 11.0. The lowest BCUT2D eigenvalue weighted by molar-refractivity contribution is 0.0698. The summed E-state index contributed by atoms with van der Waals surface area (Å²) in [4.78, 5) is 22.2.